The van der Waals surface area contributed by atoms with E-state index in [1.54, 1.807) is 24.3 Å². The van der Waals surface area contributed by atoms with Crippen LogP contribution in [0.25, 0.3) is 10.9 Å². The molecule has 0 fully saturated rings. The van der Waals surface area contributed by atoms with Crippen LogP contribution in [0, 0.1) is 0 Å². The minimum Gasteiger partial charge on any atom is -0.354 e. The van der Waals surface area contributed by atoms with Crippen molar-refractivity contribution in [3.05, 3.63) is 45.1 Å². The third-order valence-electron chi connectivity index (χ3n) is 2.75. The van der Waals surface area contributed by atoms with Crippen molar-refractivity contribution < 1.29 is 9.47 Å². The Morgan fingerprint density at radius 3 is 2.56 bits per heavy atom. The Bertz CT molecular complexity index is 655. The number of fused-ring (bicyclic) bond motifs is 1. The Morgan fingerprint density at radius 1 is 1.22 bits per heavy atom. The van der Waals surface area contributed by atoms with Crippen LogP contribution in [0.3, 0.4) is 0 Å². The number of nitrogens with one attached hydrogen (secondary N) is 1. The fraction of sp³-hybridized carbons (Fsp3) is 0.333. The van der Waals surface area contributed by atoms with Gasteiger partial charge in [-0.15, -0.1) is 0 Å². The molecular formula is C12H14N2O4. The molecule has 1 aromatic heterocycles. The summed E-state index contributed by atoms with van der Waals surface area (Å²) in [6, 6.07) is 6.86. The van der Waals surface area contributed by atoms with Crippen molar-refractivity contribution in [2.75, 3.05) is 14.2 Å². The molecule has 0 aliphatic heterocycles. The first kappa shape index (κ1) is 12.5. The lowest BCUT2D eigenvalue weighted by Gasteiger charge is -2.14. The van der Waals surface area contributed by atoms with Gasteiger partial charge in [0, 0.05) is 14.2 Å². The minimum absolute atomic E-state index is 0.0476. The molecule has 6 heteroatoms. The summed E-state index contributed by atoms with van der Waals surface area (Å²) in [5.74, 6) is 0. The second-order valence-electron chi connectivity index (χ2n) is 3.79. The van der Waals surface area contributed by atoms with E-state index in [4.69, 9.17) is 9.47 Å². The van der Waals surface area contributed by atoms with Crippen molar-refractivity contribution in [2.45, 2.75) is 12.8 Å². The molecule has 2 rings (SSSR count). The highest BCUT2D eigenvalue weighted by Crippen LogP contribution is 2.03. The van der Waals surface area contributed by atoms with Gasteiger partial charge >= 0.3 is 5.69 Å². The maximum absolute atomic E-state index is 12.1. The molecule has 0 bridgehead atoms. The van der Waals surface area contributed by atoms with Gasteiger partial charge in [-0.3, -0.25) is 9.36 Å². The number of nitrogens with zero attached hydrogens (tertiary/aromatic N) is 1. The first-order chi connectivity index (χ1) is 8.67. The van der Waals surface area contributed by atoms with Gasteiger partial charge in [0.1, 0.15) is 0 Å². The molecule has 0 atom stereocenters. The van der Waals surface area contributed by atoms with Crippen LogP contribution in [0.4, 0.5) is 0 Å². The van der Waals surface area contributed by atoms with Crippen molar-refractivity contribution in [1.82, 2.24) is 9.55 Å². The molecule has 0 spiro atoms. The van der Waals surface area contributed by atoms with Crippen LogP contribution in [0.15, 0.2) is 33.9 Å². The summed E-state index contributed by atoms with van der Waals surface area (Å²) >= 11 is 0. The average Bonchev–Trinajstić information content (AvgIpc) is 2.39. The van der Waals surface area contributed by atoms with Gasteiger partial charge in [-0.1, -0.05) is 12.1 Å². The van der Waals surface area contributed by atoms with E-state index in [1.165, 1.54) is 14.2 Å². The Balaban J connectivity index is 2.58. The molecular weight excluding hydrogens is 236 g/mol. The number of H-pyrrole nitrogens is 1. The molecule has 18 heavy (non-hydrogen) atoms. The van der Waals surface area contributed by atoms with Crippen molar-refractivity contribution >= 4 is 10.9 Å². The first-order valence-electron chi connectivity index (χ1n) is 5.45. The largest absolute Gasteiger partial charge is 0.354 e. The standard InChI is InChI=1S/C12H14N2O4/c1-17-10(18-2)7-14-11(15)8-5-3-4-6-9(8)13-12(14)16/h3-6,10H,7H2,1-2H3,(H,13,16). The van der Waals surface area contributed by atoms with Crippen LogP contribution in [-0.2, 0) is 16.0 Å². The Hall–Kier alpha value is -1.92. The lowest BCUT2D eigenvalue weighted by Crippen LogP contribution is -2.39. The molecule has 1 N–H and O–H groups in total. The number of hydrogen-bond donors (Lipinski definition) is 1. The van der Waals surface area contributed by atoms with Crippen molar-refractivity contribution in [3.8, 4) is 0 Å². The lowest BCUT2D eigenvalue weighted by molar-refractivity contribution is -0.111. The van der Waals surface area contributed by atoms with Crippen molar-refractivity contribution in [1.29, 1.82) is 0 Å². The van der Waals surface area contributed by atoms with Crippen LogP contribution in [0.5, 0.6) is 0 Å². The predicted octanol–water partition coefficient (Wildman–Crippen LogP) is 0.309. The van der Waals surface area contributed by atoms with Gasteiger partial charge in [0.25, 0.3) is 5.56 Å². The van der Waals surface area contributed by atoms with E-state index in [-0.39, 0.29) is 12.1 Å². The van der Waals surface area contributed by atoms with Crippen LogP contribution in [0.2, 0.25) is 0 Å². The highest BCUT2D eigenvalue weighted by molar-refractivity contribution is 5.76. The van der Waals surface area contributed by atoms with E-state index in [2.05, 4.69) is 4.98 Å². The number of benzene rings is 1. The fourth-order valence-corrected chi connectivity index (χ4v) is 1.76. The van der Waals surface area contributed by atoms with Gasteiger partial charge in [0.2, 0.25) is 0 Å². The van der Waals surface area contributed by atoms with Crippen LogP contribution in [0.1, 0.15) is 0 Å². The van der Waals surface area contributed by atoms with Gasteiger partial charge in [-0.2, -0.15) is 0 Å². The number of hydrogen-bond acceptors (Lipinski definition) is 4. The third-order valence-corrected chi connectivity index (χ3v) is 2.75. The normalized spacial score (nSPS) is 11.3. The maximum atomic E-state index is 12.1. The molecule has 0 saturated heterocycles. The van der Waals surface area contributed by atoms with Gasteiger partial charge in [-0.25, -0.2) is 4.79 Å². The summed E-state index contributed by atoms with van der Waals surface area (Å²) < 4.78 is 11.1. The van der Waals surface area contributed by atoms with E-state index >= 15 is 0 Å². The summed E-state index contributed by atoms with van der Waals surface area (Å²) in [4.78, 5) is 26.6. The Kier molecular flexibility index (Phi) is 3.59. The smallest absolute Gasteiger partial charge is 0.329 e. The molecule has 0 unspecified atom stereocenters. The lowest BCUT2D eigenvalue weighted by atomic mass is 10.2. The zero-order chi connectivity index (χ0) is 13.1. The maximum Gasteiger partial charge on any atom is 0.329 e. The molecule has 96 valence electrons. The van der Waals surface area contributed by atoms with E-state index < -0.39 is 12.0 Å². The quantitative estimate of drug-likeness (QED) is 0.792. The second kappa shape index (κ2) is 5.16. The second-order valence-corrected chi connectivity index (χ2v) is 3.79. The predicted molar refractivity (Wildman–Crippen MR) is 66.6 cm³/mol. The summed E-state index contributed by atoms with van der Waals surface area (Å²) in [5, 5.41) is 0.461. The molecule has 0 aliphatic rings. The number of ether oxygens (including phenoxy) is 2. The molecule has 0 amide bonds. The van der Waals surface area contributed by atoms with Gasteiger partial charge < -0.3 is 14.5 Å². The Labute approximate surface area is 103 Å². The third kappa shape index (κ3) is 2.20. The van der Waals surface area contributed by atoms with Gasteiger partial charge in [-0.05, 0) is 12.1 Å². The Morgan fingerprint density at radius 2 is 1.89 bits per heavy atom. The molecule has 1 heterocycles. The van der Waals surface area contributed by atoms with E-state index in [9.17, 15) is 9.59 Å². The monoisotopic (exact) mass is 250 g/mol. The molecule has 0 radical (unpaired) electrons. The average molecular weight is 250 g/mol. The highest BCUT2D eigenvalue weighted by Gasteiger charge is 2.12. The van der Waals surface area contributed by atoms with E-state index in [0.717, 1.165) is 4.57 Å². The first-order valence-corrected chi connectivity index (χ1v) is 5.45. The van der Waals surface area contributed by atoms with Crippen LogP contribution >= 0.6 is 0 Å². The van der Waals surface area contributed by atoms with Crippen LogP contribution < -0.4 is 11.2 Å². The van der Waals surface area contributed by atoms with Crippen LogP contribution in [-0.4, -0.2) is 30.1 Å². The SMILES string of the molecule is COC(Cn1c(=O)[nH]c2ccccc2c1=O)OC. The number of rotatable bonds is 4. The zero-order valence-electron chi connectivity index (χ0n) is 10.2. The number of para-hydroxylation sites is 1. The summed E-state index contributed by atoms with van der Waals surface area (Å²) in [6.07, 6.45) is -0.634. The summed E-state index contributed by atoms with van der Waals surface area (Å²) in [5.41, 5.74) is -0.304. The molecule has 1 aromatic carbocycles. The molecule has 2 aromatic rings. The molecule has 0 aliphatic carbocycles. The van der Waals surface area contributed by atoms with E-state index in [1.807, 2.05) is 0 Å². The number of methoxy groups -OCH3 is 2. The van der Waals surface area contributed by atoms with E-state index in [0.29, 0.717) is 10.9 Å². The summed E-state index contributed by atoms with van der Waals surface area (Å²) in [7, 11) is 2.91. The minimum atomic E-state index is -0.634. The molecule has 6 nitrogen and oxygen atoms in total. The zero-order valence-corrected chi connectivity index (χ0v) is 10.2. The number of aromatic nitrogens is 2. The van der Waals surface area contributed by atoms with Gasteiger partial charge in [0.05, 0.1) is 17.4 Å². The van der Waals surface area contributed by atoms with Crippen molar-refractivity contribution in [2.24, 2.45) is 0 Å². The fourth-order valence-electron chi connectivity index (χ4n) is 1.76. The van der Waals surface area contributed by atoms with Gasteiger partial charge in [0.15, 0.2) is 6.29 Å². The van der Waals surface area contributed by atoms with Crippen molar-refractivity contribution in [3.63, 3.8) is 0 Å². The highest BCUT2D eigenvalue weighted by atomic mass is 16.7. The topological polar surface area (TPSA) is 73.3 Å². The number of aromatic amines is 1. The summed E-state index contributed by atoms with van der Waals surface area (Å²) in [6.45, 7) is 0.0476. The molecule has 0 saturated carbocycles.